The van der Waals surface area contributed by atoms with Gasteiger partial charge in [0.1, 0.15) is 29.4 Å². The molecule has 0 bridgehead atoms. The van der Waals surface area contributed by atoms with Crippen LogP contribution < -0.4 is 0 Å². The van der Waals surface area contributed by atoms with Gasteiger partial charge in [0.25, 0.3) is 11.8 Å². The first-order chi connectivity index (χ1) is 30.2. The molecule has 2 amide bonds. The number of phenolic OH excluding ortho intramolecular Hbond substituents is 4. The maximum atomic E-state index is 13.4. The zero-order chi connectivity index (χ0) is 45.8. The van der Waals surface area contributed by atoms with Gasteiger partial charge < -0.3 is 39.5 Å². The number of hydrogen-bond acceptors (Lipinski definition) is 19. The summed E-state index contributed by atoms with van der Waals surface area (Å²) in [5.74, 6) is -3.94. The van der Waals surface area contributed by atoms with Crippen molar-refractivity contribution in [3.05, 3.63) is 103 Å². The molecule has 5 rings (SSSR count). The highest BCUT2D eigenvalue weighted by atomic mass is 16.6. The summed E-state index contributed by atoms with van der Waals surface area (Å²) in [6.07, 6.45) is 5.90. The Morgan fingerprint density at radius 3 is 1.97 bits per heavy atom. The lowest BCUT2D eigenvalue weighted by atomic mass is 10.1. The lowest BCUT2D eigenvalue weighted by Crippen LogP contribution is -2.39. The van der Waals surface area contributed by atoms with Gasteiger partial charge in [-0.25, -0.2) is 9.97 Å². The van der Waals surface area contributed by atoms with Gasteiger partial charge in [-0.2, -0.15) is 15.5 Å². The second kappa shape index (κ2) is 21.0. The molecule has 4 N–H and O–H groups in total. The van der Waals surface area contributed by atoms with Gasteiger partial charge in [0, 0.05) is 57.3 Å². The van der Waals surface area contributed by atoms with E-state index in [4.69, 9.17) is 9.26 Å². The van der Waals surface area contributed by atoms with Gasteiger partial charge in [-0.1, -0.05) is 5.16 Å². The fourth-order valence-electron chi connectivity index (χ4n) is 6.75. The molecule has 2 atom stereocenters. The molecule has 23 nitrogen and oxygen atoms in total. The minimum absolute atomic E-state index is 0.00333. The largest absolute Gasteiger partial charge is 0.504 e. The Morgan fingerprint density at radius 2 is 1.46 bits per heavy atom. The number of nitriles is 2. The van der Waals surface area contributed by atoms with E-state index < -0.39 is 62.1 Å². The van der Waals surface area contributed by atoms with Gasteiger partial charge in [0.15, 0.2) is 23.1 Å². The van der Waals surface area contributed by atoms with Crippen LogP contribution in [0.1, 0.15) is 67.5 Å². The van der Waals surface area contributed by atoms with Crippen molar-refractivity contribution in [2.24, 2.45) is 0 Å². The van der Waals surface area contributed by atoms with Crippen LogP contribution in [0, 0.1) is 42.9 Å². The van der Waals surface area contributed by atoms with E-state index in [0.29, 0.717) is 25.3 Å². The first-order valence-corrected chi connectivity index (χ1v) is 19.4. The topological polar surface area (TPSA) is 333 Å². The number of benzene rings is 2. The molecule has 63 heavy (non-hydrogen) atoms. The van der Waals surface area contributed by atoms with Crippen LogP contribution in [0.5, 0.6) is 23.0 Å². The molecule has 0 aliphatic carbocycles. The number of amides is 2. The highest BCUT2D eigenvalue weighted by Crippen LogP contribution is 2.38. The van der Waals surface area contributed by atoms with Crippen molar-refractivity contribution in [3.8, 4) is 35.1 Å². The van der Waals surface area contributed by atoms with Crippen molar-refractivity contribution in [3.63, 3.8) is 0 Å². The summed E-state index contributed by atoms with van der Waals surface area (Å²) in [7, 11) is 0. The first kappa shape index (κ1) is 46.1. The molecule has 0 radical (unpaired) electrons. The summed E-state index contributed by atoms with van der Waals surface area (Å²) >= 11 is 0. The molecule has 0 spiro atoms. The van der Waals surface area contributed by atoms with E-state index in [1.807, 2.05) is 6.07 Å². The number of carbonyl (C=O) groups excluding carboxylic acids is 2. The second-order valence-corrected chi connectivity index (χ2v) is 13.8. The predicted octanol–water partition coefficient (Wildman–Crippen LogP) is 3.85. The van der Waals surface area contributed by atoms with Crippen LogP contribution in [0.15, 0.2) is 58.4 Å². The van der Waals surface area contributed by atoms with Crippen LogP contribution in [0.3, 0.4) is 0 Å². The van der Waals surface area contributed by atoms with Gasteiger partial charge in [-0.15, -0.1) is 0 Å². The first-order valence-electron chi connectivity index (χ1n) is 19.4. The summed E-state index contributed by atoms with van der Waals surface area (Å²) < 4.78 is 11.8. The molecule has 0 saturated carbocycles. The lowest BCUT2D eigenvalue weighted by Gasteiger charge is -2.27. The molecule has 1 saturated heterocycles. The Morgan fingerprint density at radius 1 is 0.921 bits per heavy atom. The molecule has 4 aromatic rings. The van der Waals surface area contributed by atoms with Crippen molar-refractivity contribution in [1.82, 2.24) is 34.8 Å². The third kappa shape index (κ3) is 11.2. The van der Waals surface area contributed by atoms with Crippen molar-refractivity contribution >= 4 is 35.3 Å². The summed E-state index contributed by atoms with van der Waals surface area (Å²) in [4.78, 5) is 65.7. The van der Waals surface area contributed by atoms with Gasteiger partial charge in [0.2, 0.25) is 17.4 Å². The molecule has 1 aliphatic heterocycles. The van der Waals surface area contributed by atoms with E-state index in [1.54, 1.807) is 26.0 Å². The number of likely N-dealkylation sites (N-methyl/N-ethyl adjacent to an activating group) is 2. The van der Waals surface area contributed by atoms with Gasteiger partial charge in [-0.3, -0.25) is 34.7 Å². The molecule has 1 aliphatic rings. The van der Waals surface area contributed by atoms with E-state index >= 15 is 0 Å². The highest BCUT2D eigenvalue weighted by molar-refractivity contribution is 6.02. The normalized spacial score (nSPS) is 14.7. The minimum atomic E-state index is -0.951. The number of ether oxygens (including phenoxy) is 1. The van der Waals surface area contributed by atoms with E-state index in [1.165, 1.54) is 22.2 Å². The molecule has 2 aromatic heterocycles. The van der Waals surface area contributed by atoms with Crippen LogP contribution >= 0.6 is 0 Å². The van der Waals surface area contributed by atoms with Crippen molar-refractivity contribution < 1.29 is 49.1 Å². The Balaban J connectivity index is 1.23. The summed E-state index contributed by atoms with van der Waals surface area (Å²) in [6, 6.07) is 8.78. The fourth-order valence-corrected chi connectivity index (χ4v) is 6.75. The molecule has 0 unspecified atom stereocenters. The Hall–Kier alpha value is -8.02. The number of likely N-dealkylation sites (tertiary alicyclic amines) is 1. The van der Waals surface area contributed by atoms with E-state index in [9.17, 15) is 60.8 Å². The smallest absolute Gasteiger partial charge is 0.315 e. The van der Waals surface area contributed by atoms with Gasteiger partial charge >= 0.3 is 11.4 Å². The quantitative estimate of drug-likeness (QED) is 0.0342. The Kier molecular flexibility index (Phi) is 15.3. The van der Waals surface area contributed by atoms with E-state index in [0.717, 1.165) is 42.8 Å². The zero-order valence-electron chi connectivity index (χ0n) is 33.9. The molecule has 23 heteroatoms. The number of phenols is 4. The summed E-state index contributed by atoms with van der Waals surface area (Å²) in [6.45, 7) is 4.94. The monoisotopic (exact) mass is 867 g/mol. The molecule has 2 aromatic carbocycles. The maximum absolute atomic E-state index is 13.4. The number of rotatable bonds is 19. The number of nitro benzene ring substituents is 2. The fraction of sp³-hybridized carbons (Fsp3) is 0.350. The molecule has 328 valence electrons. The SMILES string of the molecule is CCN(CCO[C@H](Cc1nc([C@@H]2CCCN2CCN(CC)C(=O)/C(C#N)=C/c2cc(O)c(O)c([N+](=O)[O-])c2)no1)c1ncccn1)C(=O)/C(C#N)=C/c1cc(O)c(O)c([N+](=O)[O-])c1. The number of nitro groups is 2. The Bertz CT molecular complexity index is 2500. The van der Waals surface area contributed by atoms with Crippen LogP contribution in [0.4, 0.5) is 11.4 Å². The number of aromatic hydroxyl groups is 4. The van der Waals surface area contributed by atoms with Crippen LogP contribution in [-0.2, 0) is 20.7 Å². The highest BCUT2D eigenvalue weighted by Gasteiger charge is 2.32. The molecular weight excluding hydrogens is 827 g/mol. The summed E-state index contributed by atoms with van der Waals surface area (Å²) in [5, 5.41) is 85.9. The van der Waals surface area contributed by atoms with Crippen LogP contribution in [-0.4, -0.2) is 123 Å². The second-order valence-electron chi connectivity index (χ2n) is 13.8. The minimum Gasteiger partial charge on any atom is -0.504 e. The average molecular weight is 868 g/mol. The third-order valence-corrected chi connectivity index (χ3v) is 9.96. The lowest BCUT2D eigenvalue weighted by molar-refractivity contribution is -0.386. The molecular formula is C40H41N11O12. The van der Waals surface area contributed by atoms with Gasteiger partial charge in [-0.05, 0) is 74.7 Å². The number of aromatic nitrogens is 4. The number of hydrogen-bond donors (Lipinski definition) is 4. The third-order valence-electron chi connectivity index (χ3n) is 9.96. The number of carbonyl (C=O) groups is 2. The number of nitrogens with zero attached hydrogens (tertiary/aromatic N) is 11. The standard InChI is InChI=1S/C40H41N11O12/c1-3-47(39(56)26(22-41)15-24-17-29(50(58)59)35(54)31(52)19-24)11-12-49-10-5-7-28(49)37-45-34(63-46-37)21-33(38-43-8-6-9-44-38)62-14-13-48(4-2)40(57)27(23-42)16-25-18-30(51(60)61)36(55)32(53)20-25/h6,8-9,15-20,28,33,52-55H,3-5,7,10-14,21H2,1-2H3/b26-15+,27-16+/t28-,33+/m0/s1. The van der Waals surface area contributed by atoms with Crippen LogP contribution in [0.25, 0.3) is 12.2 Å². The average Bonchev–Trinajstić information content (AvgIpc) is 3.95. The summed E-state index contributed by atoms with van der Waals surface area (Å²) in [5.41, 5.74) is -2.40. The van der Waals surface area contributed by atoms with Crippen molar-refractivity contribution in [2.75, 3.05) is 45.9 Å². The van der Waals surface area contributed by atoms with Gasteiger partial charge in [0.05, 0.1) is 28.9 Å². The van der Waals surface area contributed by atoms with Crippen LogP contribution in [0.2, 0.25) is 0 Å². The van der Waals surface area contributed by atoms with E-state index in [-0.39, 0.29) is 79.2 Å². The molecule has 3 heterocycles. The predicted molar refractivity (Wildman–Crippen MR) is 217 cm³/mol. The van der Waals surface area contributed by atoms with E-state index in [2.05, 4.69) is 25.0 Å². The Labute approximate surface area is 358 Å². The van der Waals surface area contributed by atoms with Crippen molar-refractivity contribution in [2.45, 2.75) is 45.3 Å². The molecule has 1 fully saturated rings. The maximum Gasteiger partial charge on any atom is 0.315 e. The zero-order valence-corrected chi connectivity index (χ0v) is 33.9. The van der Waals surface area contributed by atoms with Crippen molar-refractivity contribution in [1.29, 1.82) is 10.5 Å².